The van der Waals surface area contributed by atoms with E-state index in [0.29, 0.717) is 24.5 Å². The van der Waals surface area contributed by atoms with Gasteiger partial charge in [0.1, 0.15) is 17.5 Å². The SMILES string of the molecule is Cc1cc(=O)cc(C(=O)N2CCC(Oc3ccncc3)CC2)[nH]1. The van der Waals surface area contributed by atoms with Crippen molar-refractivity contribution >= 4 is 5.91 Å². The van der Waals surface area contributed by atoms with E-state index in [1.54, 1.807) is 24.2 Å². The van der Waals surface area contributed by atoms with Crippen molar-refractivity contribution in [3.63, 3.8) is 0 Å². The van der Waals surface area contributed by atoms with Gasteiger partial charge in [0.25, 0.3) is 5.91 Å². The Balaban J connectivity index is 1.60. The number of aryl methyl sites for hydroxylation is 1. The summed E-state index contributed by atoms with van der Waals surface area (Å²) in [6.45, 7) is 3.00. The molecule has 1 amide bonds. The number of carbonyl (C=O) groups is 1. The molecule has 0 unspecified atom stereocenters. The number of nitrogens with zero attached hydrogens (tertiary/aromatic N) is 2. The zero-order valence-electron chi connectivity index (χ0n) is 13.0. The summed E-state index contributed by atoms with van der Waals surface area (Å²) in [5.74, 6) is 0.668. The van der Waals surface area contributed by atoms with E-state index >= 15 is 0 Å². The molecule has 0 aliphatic carbocycles. The van der Waals surface area contributed by atoms with Crippen LogP contribution >= 0.6 is 0 Å². The fraction of sp³-hybridized carbons (Fsp3) is 0.353. The van der Waals surface area contributed by atoms with Gasteiger partial charge in [0.2, 0.25) is 0 Å². The minimum Gasteiger partial charge on any atom is -0.490 e. The number of likely N-dealkylation sites (tertiary alicyclic amines) is 1. The third-order valence-corrected chi connectivity index (χ3v) is 3.89. The lowest BCUT2D eigenvalue weighted by atomic mass is 10.1. The molecule has 0 radical (unpaired) electrons. The quantitative estimate of drug-likeness (QED) is 0.937. The van der Waals surface area contributed by atoms with Gasteiger partial charge in [0.15, 0.2) is 5.43 Å². The summed E-state index contributed by atoms with van der Waals surface area (Å²) in [5, 5.41) is 0. The van der Waals surface area contributed by atoms with E-state index in [4.69, 9.17) is 4.74 Å². The number of amides is 1. The Bertz CT molecular complexity index is 734. The van der Waals surface area contributed by atoms with Gasteiger partial charge in [-0.25, -0.2) is 0 Å². The molecule has 2 aromatic rings. The van der Waals surface area contributed by atoms with Gasteiger partial charge in [-0.2, -0.15) is 0 Å². The van der Waals surface area contributed by atoms with Crippen molar-refractivity contribution in [2.24, 2.45) is 0 Å². The highest BCUT2D eigenvalue weighted by Crippen LogP contribution is 2.19. The van der Waals surface area contributed by atoms with Crippen molar-refractivity contribution in [3.8, 4) is 5.75 Å². The summed E-state index contributed by atoms with van der Waals surface area (Å²) in [6.07, 6.45) is 5.02. The number of ether oxygens (including phenoxy) is 1. The van der Waals surface area contributed by atoms with Gasteiger partial charge in [0, 0.05) is 56.2 Å². The van der Waals surface area contributed by atoms with Gasteiger partial charge >= 0.3 is 0 Å². The predicted molar refractivity (Wildman–Crippen MR) is 85.6 cm³/mol. The van der Waals surface area contributed by atoms with Crippen LogP contribution in [0.25, 0.3) is 0 Å². The molecular weight excluding hydrogens is 294 g/mol. The van der Waals surface area contributed by atoms with Crippen LogP contribution in [0, 0.1) is 6.92 Å². The van der Waals surface area contributed by atoms with Crippen molar-refractivity contribution in [3.05, 3.63) is 58.3 Å². The molecule has 1 aliphatic heterocycles. The standard InChI is InChI=1S/C17H19N3O3/c1-12-10-13(21)11-16(19-12)17(22)20-8-4-15(5-9-20)23-14-2-6-18-7-3-14/h2-3,6-7,10-11,15H,4-5,8-9H2,1H3,(H,19,21). The number of pyridine rings is 2. The van der Waals surface area contributed by atoms with Crippen LogP contribution in [0.15, 0.2) is 41.5 Å². The van der Waals surface area contributed by atoms with Crippen LogP contribution in [-0.4, -0.2) is 40.0 Å². The van der Waals surface area contributed by atoms with Gasteiger partial charge < -0.3 is 14.6 Å². The maximum Gasteiger partial charge on any atom is 0.270 e. The molecule has 0 atom stereocenters. The van der Waals surface area contributed by atoms with Crippen LogP contribution in [0.1, 0.15) is 29.0 Å². The Labute approximate surface area is 134 Å². The number of hydrogen-bond donors (Lipinski definition) is 1. The summed E-state index contributed by atoms with van der Waals surface area (Å²) in [7, 11) is 0. The fourth-order valence-electron chi connectivity index (χ4n) is 2.75. The van der Waals surface area contributed by atoms with Crippen molar-refractivity contribution in [2.45, 2.75) is 25.9 Å². The fourth-order valence-corrected chi connectivity index (χ4v) is 2.75. The Morgan fingerprint density at radius 2 is 1.96 bits per heavy atom. The Hall–Kier alpha value is -2.63. The van der Waals surface area contributed by atoms with Gasteiger partial charge in [-0.15, -0.1) is 0 Å². The van der Waals surface area contributed by atoms with E-state index in [-0.39, 0.29) is 17.4 Å². The van der Waals surface area contributed by atoms with Gasteiger partial charge in [-0.05, 0) is 19.1 Å². The smallest absolute Gasteiger partial charge is 0.270 e. The van der Waals surface area contributed by atoms with Gasteiger partial charge in [0.05, 0.1) is 0 Å². The molecule has 1 saturated heterocycles. The van der Waals surface area contributed by atoms with Crippen LogP contribution < -0.4 is 10.2 Å². The third kappa shape index (κ3) is 3.77. The molecule has 1 N–H and O–H groups in total. The summed E-state index contributed by atoms with van der Waals surface area (Å²) in [4.78, 5) is 32.7. The van der Waals surface area contributed by atoms with E-state index in [0.717, 1.165) is 18.6 Å². The molecule has 0 bridgehead atoms. The Kier molecular flexibility index (Phi) is 4.41. The maximum atomic E-state index is 12.5. The Morgan fingerprint density at radius 1 is 1.26 bits per heavy atom. The number of hydrogen-bond acceptors (Lipinski definition) is 4. The Morgan fingerprint density at radius 3 is 2.61 bits per heavy atom. The van der Waals surface area contributed by atoms with Crippen LogP contribution in [-0.2, 0) is 0 Å². The van der Waals surface area contributed by atoms with E-state index < -0.39 is 0 Å². The van der Waals surface area contributed by atoms with Gasteiger partial charge in [-0.3, -0.25) is 14.6 Å². The summed E-state index contributed by atoms with van der Waals surface area (Å²) < 4.78 is 5.89. The number of aromatic amines is 1. The van der Waals surface area contributed by atoms with E-state index in [1.165, 1.54) is 12.1 Å². The molecule has 0 aromatic carbocycles. The first kappa shape index (κ1) is 15.3. The zero-order valence-corrected chi connectivity index (χ0v) is 13.0. The summed E-state index contributed by atoms with van der Waals surface area (Å²) in [5.41, 5.74) is 0.890. The molecule has 0 saturated carbocycles. The first-order chi connectivity index (χ1) is 11.1. The molecule has 0 spiro atoms. The van der Waals surface area contributed by atoms with E-state index in [1.807, 2.05) is 12.1 Å². The molecule has 1 fully saturated rings. The van der Waals surface area contributed by atoms with Crippen LogP contribution in [0.2, 0.25) is 0 Å². The molecule has 3 heterocycles. The number of carbonyl (C=O) groups excluding carboxylic acids is 1. The number of rotatable bonds is 3. The summed E-state index contributed by atoms with van der Waals surface area (Å²) >= 11 is 0. The molecule has 6 heteroatoms. The largest absolute Gasteiger partial charge is 0.490 e. The average molecular weight is 313 g/mol. The summed E-state index contributed by atoms with van der Waals surface area (Å²) in [6, 6.07) is 6.49. The zero-order chi connectivity index (χ0) is 16.2. The lowest BCUT2D eigenvalue weighted by Crippen LogP contribution is -2.42. The molecule has 6 nitrogen and oxygen atoms in total. The number of aromatic nitrogens is 2. The van der Waals surface area contributed by atoms with Crippen LogP contribution in [0.4, 0.5) is 0 Å². The van der Waals surface area contributed by atoms with Crippen LogP contribution in [0.3, 0.4) is 0 Å². The third-order valence-electron chi connectivity index (χ3n) is 3.89. The highest BCUT2D eigenvalue weighted by Gasteiger charge is 2.25. The molecule has 3 rings (SSSR count). The second kappa shape index (κ2) is 6.64. The minimum atomic E-state index is -0.152. The molecule has 1 aliphatic rings. The van der Waals surface area contributed by atoms with Crippen molar-refractivity contribution in [2.75, 3.05) is 13.1 Å². The topological polar surface area (TPSA) is 75.3 Å². The van der Waals surface area contributed by atoms with E-state index in [2.05, 4.69) is 9.97 Å². The minimum absolute atomic E-state index is 0.0954. The highest BCUT2D eigenvalue weighted by molar-refractivity contribution is 5.92. The monoisotopic (exact) mass is 313 g/mol. The average Bonchev–Trinajstić information content (AvgIpc) is 2.55. The first-order valence-electron chi connectivity index (χ1n) is 7.69. The molecule has 120 valence electrons. The number of H-pyrrole nitrogens is 1. The van der Waals surface area contributed by atoms with Gasteiger partial charge in [-0.1, -0.05) is 0 Å². The molecule has 23 heavy (non-hydrogen) atoms. The number of piperidine rings is 1. The second-order valence-electron chi connectivity index (χ2n) is 5.71. The maximum absolute atomic E-state index is 12.5. The second-order valence-corrected chi connectivity index (χ2v) is 5.71. The highest BCUT2D eigenvalue weighted by atomic mass is 16.5. The lowest BCUT2D eigenvalue weighted by molar-refractivity contribution is 0.0589. The van der Waals surface area contributed by atoms with Crippen molar-refractivity contribution in [1.29, 1.82) is 0 Å². The van der Waals surface area contributed by atoms with Crippen molar-refractivity contribution < 1.29 is 9.53 Å². The molecular formula is C17H19N3O3. The molecule has 2 aromatic heterocycles. The van der Waals surface area contributed by atoms with E-state index in [9.17, 15) is 9.59 Å². The predicted octanol–water partition coefficient (Wildman–Crippen LogP) is 1.76. The lowest BCUT2D eigenvalue weighted by Gasteiger charge is -2.32. The van der Waals surface area contributed by atoms with Crippen LogP contribution in [0.5, 0.6) is 5.75 Å². The normalized spacial score (nSPS) is 15.4. The first-order valence-corrected chi connectivity index (χ1v) is 7.69. The van der Waals surface area contributed by atoms with Crippen molar-refractivity contribution in [1.82, 2.24) is 14.9 Å². The number of nitrogens with one attached hydrogen (secondary N) is 1.